The van der Waals surface area contributed by atoms with E-state index in [0.717, 1.165) is 11.8 Å². The number of nitro groups is 1. The predicted octanol–water partition coefficient (Wildman–Crippen LogP) is 3.34. The van der Waals surface area contributed by atoms with Crippen molar-refractivity contribution in [3.8, 4) is 17.2 Å². The first kappa shape index (κ1) is 21.8. The van der Waals surface area contributed by atoms with Crippen molar-refractivity contribution in [2.24, 2.45) is 0 Å². The van der Waals surface area contributed by atoms with Gasteiger partial charge >= 0.3 is 0 Å². The molecular weight excluding hydrogens is 426 g/mol. The number of hydrogen-bond acceptors (Lipinski definition) is 9. The van der Waals surface area contributed by atoms with Gasteiger partial charge in [-0.1, -0.05) is 17.8 Å². The number of methoxy groups -OCH3 is 1. The van der Waals surface area contributed by atoms with Crippen LogP contribution >= 0.6 is 11.8 Å². The first-order valence-electron chi connectivity index (χ1n) is 8.82. The standard InChI is InChI=1S/C19H17N5O6S/c1-11(25)20-13-5-3-4-12(8-13)18-22-23-19(30-18)31-10-17(26)21-15-7-6-14(29-2)9-16(15)24(27)28/h3-9H,10H2,1-2H3,(H,20,25)(H,21,26). The van der Waals surface area contributed by atoms with Crippen LogP contribution in [0.3, 0.4) is 0 Å². The highest BCUT2D eigenvalue weighted by Crippen LogP contribution is 2.30. The molecule has 0 radical (unpaired) electrons. The van der Waals surface area contributed by atoms with Crippen molar-refractivity contribution < 1.29 is 23.7 Å². The minimum absolute atomic E-state index is 0.0532. The van der Waals surface area contributed by atoms with Gasteiger partial charge in [0.2, 0.25) is 17.7 Å². The number of nitrogens with one attached hydrogen (secondary N) is 2. The normalized spacial score (nSPS) is 10.4. The Kier molecular flexibility index (Phi) is 6.82. The third-order valence-electron chi connectivity index (χ3n) is 3.84. The zero-order valence-corrected chi connectivity index (χ0v) is 17.3. The van der Waals surface area contributed by atoms with Gasteiger partial charge in [0.25, 0.3) is 10.9 Å². The summed E-state index contributed by atoms with van der Waals surface area (Å²) in [5, 5.41) is 24.3. The van der Waals surface area contributed by atoms with E-state index in [2.05, 4.69) is 20.8 Å². The molecule has 160 valence electrons. The lowest BCUT2D eigenvalue weighted by molar-refractivity contribution is -0.384. The highest BCUT2D eigenvalue weighted by Gasteiger charge is 2.18. The van der Waals surface area contributed by atoms with E-state index in [1.807, 2.05) is 0 Å². The second-order valence-electron chi connectivity index (χ2n) is 6.11. The number of rotatable bonds is 8. The van der Waals surface area contributed by atoms with E-state index in [1.165, 1.54) is 32.2 Å². The van der Waals surface area contributed by atoms with Crippen LogP contribution in [-0.4, -0.2) is 39.8 Å². The van der Waals surface area contributed by atoms with Gasteiger partial charge in [-0.3, -0.25) is 19.7 Å². The minimum Gasteiger partial charge on any atom is -0.496 e. The number of carbonyl (C=O) groups excluding carboxylic acids is 2. The molecular formula is C19H17N5O6S. The minimum atomic E-state index is -0.607. The summed E-state index contributed by atoms with van der Waals surface area (Å²) in [4.78, 5) is 34.0. The fourth-order valence-electron chi connectivity index (χ4n) is 2.53. The van der Waals surface area contributed by atoms with E-state index in [0.29, 0.717) is 17.0 Å². The SMILES string of the molecule is COc1ccc(NC(=O)CSc2nnc(-c3cccc(NC(C)=O)c3)o2)c([N+](=O)[O-])c1. The molecule has 2 aromatic carbocycles. The molecule has 0 atom stereocenters. The smallest absolute Gasteiger partial charge is 0.296 e. The van der Waals surface area contributed by atoms with Crippen LogP contribution in [0, 0.1) is 10.1 Å². The van der Waals surface area contributed by atoms with Crippen LogP contribution in [0.2, 0.25) is 0 Å². The van der Waals surface area contributed by atoms with Crippen molar-refractivity contribution in [1.82, 2.24) is 10.2 Å². The highest BCUT2D eigenvalue weighted by molar-refractivity contribution is 7.99. The molecule has 0 saturated carbocycles. The van der Waals surface area contributed by atoms with Gasteiger partial charge in [0.15, 0.2) is 0 Å². The number of anilines is 2. The van der Waals surface area contributed by atoms with Crippen molar-refractivity contribution >= 4 is 40.6 Å². The van der Waals surface area contributed by atoms with Crippen LogP contribution in [0.4, 0.5) is 17.1 Å². The first-order chi connectivity index (χ1) is 14.9. The quantitative estimate of drug-likeness (QED) is 0.303. The van der Waals surface area contributed by atoms with E-state index in [4.69, 9.17) is 9.15 Å². The molecule has 0 unspecified atom stereocenters. The Labute approximate surface area is 180 Å². The number of amides is 2. The van der Waals surface area contributed by atoms with Crippen molar-refractivity contribution in [1.29, 1.82) is 0 Å². The lowest BCUT2D eigenvalue weighted by Gasteiger charge is -2.06. The van der Waals surface area contributed by atoms with Gasteiger partial charge in [-0.05, 0) is 30.3 Å². The van der Waals surface area contributed by atoms with Gasteiger partial charge in [0.05, 0.1) is 23.9 Å². The van der Waals surface area contributed by atoms with Crippen LogP contribution in [0.15, 0.2) is 52.1 Å². The number of carbonyl (C=O) groups is 2. The van der Waals surface area contributed by atoms with Crippen LogP contribution in [0.25, 0.3) is 11.5 Å². The fourth-order valence-corrected chi connectivity index (χ4v) is 3.09. The van der Waals surface area contributed by atoms with Gasteiger partial charge in [-0.25, -0.2) is 0 Å². The van der Waals surface area contributed by atoms with Crippen molar-refractivity contribution in [3.63, 3.8) is 0 Å². The van der Waals surface area contributed by atoms with Gasteiger partial charge in [-0.15, -0.1) is 10.2 Å². The molecule has 0 aliphatic rings. The lowest BCUT2D eigenvalue weighted by atomic mass is 10.2. The predicted molar refractivity (Wildman–Crippen MR) is 113 cm³/mol. The lowest BCUT2D eigenvalue weighted by Crippen LogP contribution is -2.15. The number of nitro benzene ring substituents is 1. The maximum absolute atomic E-state index is 12.2. The number of nitrogens with zero attached hydrogens (tertiary/aromatic N) is 3. The summed E-state index contributed by atoms with van der Waals surface area (Å²) in [6, 6.07) is 11.0. The Balaban J connectivity index is 1.63. The monoisotopic (exact) mass is 443 g/mol. The van der Waals surface area contributed by atoms with Crippen LogP contribution in [-0.2, 0) is 9.59 Å². The molecule has 0 spiro atoms. The number of aromatic nitrogens is 2. The number of ether oxygens (including phenoxy) is 1. The molecule has 31 heavy (non-hydrogen) atoms. The molecule has 11 nitrogen and oxygen atoms in total. The zero-order chi connectivity index (χ0) is 22.4. The summed E-state index contributed by atoms with van der Waals surface area (Å²) in [5.74, 6) is -0.259. The molecule has 0 saturated heterocycles. The van der Waals surface area contributed by atoms with Crippen LogP contribution < -0.4 is 15.4 Å². The van der Waals surface area contributed by atoms with Crippen molar-refractivity contribution in [2.75, 3.05) is 23.5 Å². The zero-order valence-electron chi connectivity index (χ0n) is 16.4. The Hall–Kier alpha value is -3.93. The van der Waals surface area contributed by atoms with Gasteiger partial charge in [0, 0.05) is 18.2 Å². The Morgan fingerprint density at radius 1 is 1.19 bits per heavy atom. The molecule has 0 bridgehead atoms. The highest BCUT2D eigenvalue weighted by atomic mass is 32.2. The molecule has 0 aliphatic carbocycles. The number of thioether (sulfide) groups is 1. The Bertz CT molecular complexity index is 1130. The average molecular weight is 443 g/mol. The summed E-state index contributed by atoms with van der Waals surface area (Å²) in [6.07, 6.45) is 0. The third kappa shape index (κ3) is 5.79. The molecule has 12 heteroatoms. The van der Waals surface area contributed by atoms with Crippen LogP contribution in [0.5, 0.6) is 5.75 Å². The molecule has 0 aliphatic heterocycles. The van der Waals surface area contributed by atoms with Crippen LogP contribution in [0.1, 0.15) is 6.92 Å². The van der Waals surface area contributed by atoms with Gasteiger partial charge in [0.1, 0.15) is 11.4 Å². The Morgan fingerprint density at radius 2 is 2.00 bits per heavy atom. The number of hydrogen-bond donors (Lipinski definition) is 2. The molecule has 2 N–H and O–H groups in total. The maximum Gasteiger partial charge on any atom is 0.296 e. The van der Waals surface area contributed by atoms with E-state index in [1.54, 1.807) is 24.3 Å². The summed E-state index contributed by atoms with van der Waals surface area (Å²) < 4.78 is 10.5. The summed E-state index contributed by atoms with van der Waals surface area (Å²) in [6.45, 7) is 1.40. The van der Waals surface area contributed by atoms with Gasteiger partial charge in [-0.2, -0.15) is 0 Å². The van der Waals surface area contributed by atoms with E-state index < -0.39 is 10.8 Å². The summed E-state index contributed by atoms with van der Waals surface area (Å²) in [7, 11) is 1.39. The molecule has 3 aromatic rings. The van der Waals surface area contributed by atoms with E-state index in [9.17, 15) is 19.7 Å². The van der Waals surface area contributed by atoms with Gasteiger partial charge < -0.3 is 19.8 Å². The molecule has 0 fully saturated rings. The van der Waals surface area contributed by atoms with Crippen molar-refractivity contribution in [2.45, 2.75) is 12.1 Å². The number of benzene rings is 2. The summed E-state index contributed by atoms with van der Waals surface area (Å²) >= 11 is 0.983. The molecule has 1 heterocycles. The topological polar surface area (TPSA) is 149 Å². The molecule has 1 aromatic heterocycles. The Morgan fingerprint density at radius 3 is 2.71 bits per heavy atom. The largest absolute Gasteiger partial charge is 0.496 e. The van der Waals surface area contributed by atoms with E-state index in [-0.39, 0.29) is 34.1 Å². The summed E-state index contributed by atoms with van der Waals surface area (Å²) in [5.41, 5.74) is 0.955. The maximum atomic E-state index is 12.2. The second-order valence-corrected chi connectivity index (χ2v) is 7.04. The third-order valence-corrected chi connectivity index (χ3v) is 4.66. The molecule has 2 amide bonds. The second kappa shape index (κ2) is 9.71. The molecule has 3 rings (SSSR count). The van der Waals surface area contributed by atoms with Crippen molar-refractivity contribution in [3.05, 3.63) is 52.6 Å². The first-order valence-corrected chi connectivity index (χ1v) is 9.81. The average Bonchev–Trinajstić information content (AvgIpc) is 3.21. The van der Waals surface area contributed by atoms with E-state index >= 15 is 0 Å². The fraction of sp³-hybridized carbons (Fsp3) is 0.158.